The van der Waals surface area contributed by atoms with Gasteiger partial charge < -0.3 is 0 Å². The molecule has 0 N–H and O–H groups in total. The van der Waals surface area contributed by atoms with Gasteiger partial charge in [0.25, 0.3) is 0 Å². The van der Waals surface area contributed by atoms with Crippen molar-refractivity contribution in [2.75, 3.05) is 0 Å². The Labute approximate surface area is 121 Å². The molecule has 1 heterocycles. The van der Waals surface area contributed by atoms with E-state index in [4.69, 9.17) is 5.26 Å². The summed E-state index contributed by atoms with van der Waals surface area (Å²) in [6.07, 6.45) is 1.53. The third-order valence-electron chi connectivity index (χ3n) is 2.35. The van der Waals surface area contributed by atoms with Crippen LogP contribution in [0.2, 0.25) is 0 Å². The molecule has 0 saturated carbocycles. The van der Waals surface area contributed by atoms with Gasteiger partial charge in [0.05, 0.1) is 0 Å². The van der Waals surface area contributed by atoms with Gasteiger partial charge in [0.1, 0.15) is 17.5 Å². The Morgan fingerprint density at radius 1 is 1.37 bits per heavy atom. The predicted molar refractivity (Wildman–Crippen MR) is 76.3 cm³/mol. The first kappa shape index (κ1) is 13.7. The number of halogens is 2. The number of Topliss-reactive ketones (excluding diaryl/α,β-unsaturated/α-hetero) is 1. The zero-order valence-corrected chi connectivity index (χ0v) is 12.0. The predicted octanol–water partition coefficient (Wildman–Crippen LogP) is 4.44. The van der Waals surface area contributed by atoms with Crippen LogP contribution in [0, 0.1) is 17.1 Å². The van der Waals surface area contributed by atoms with Crippen molar-refractivity contribution >= 4 is 39.1 Å². The topological polar surface area (TPSA) is 40.9 Å². The minimum atomic E-state index is -0.416. The van der Waals surface area contributed by atoms with Gasteiger partial charge in [0.15, 0.2) is 0 Å². The SMILES string of the molecule is N#C/C(=C\c1cc(Br)cs1)C(=O)c1ccc(F)cc1. The molecule has 0 saturated heterocycles. The summed E-state index contributed by atoms with van der Waals surface area (Å²) in [6.45, 7) is 0. The summed E-state index contributed by atoms with van der Waals surface area (Å²) in [7, 11) is 0. The van der Waals surface area contributed by atoms with Crippen LogP contribution in [0.4, 0.5) is 4.39 Å². The number of benzene rings is 1. The standard InChI is InChI=1S/C14H7BrFNOS/c15-11-6-13(19-8-11)5-10(7-17)14(18)9-1-3-12(16)4-2-9/h1-6,8H/b10-5+. The monoisotopic (exact) mass is 335 g/mol. The van der Waals surface area contributed by atoms with E-state index in [-0.39, 0.29) is 5.57 Å². The Morgan fingerprint density at radius 3 is 2.58 bits per heavy atom. The minimum absolute atomic E-state index is 0.0287. The van der Waals surface area contributed by atoms with E-state index in [2.05, 4.69) is 15.9 Å². The van der Waals surface area contributed by atoms with Crippen LogP contribution in [0.25, 0.3) is 6.08 Å². The maximum absolute atomic E-state index is 12.8. The molecular weight excluding hydrogens is 329 g/mol. The third-order valence-corrected chi connectivity index (χ3v) is 3.99. The summed E-state index contributed by atoms with van der Waals surface area (Å²) in [5.74, 6) is -0.826. The van der Waals surface area contributed by atoms with E-state index in [9.17, 15) is 9.18 Å². The molecule has 1 aromatic heterocycles. The normalized spacial score (nSPS) is 11.1. The number of allylic oxidation sites excluding steroid dienone is 1. The molecule has 5 heteroatoms. The van der Waals surface area contributed by atoms with Gasteiger partial charge in [-0.25, -0.2) is 4.39 Å². The van der Waals surface area contributed by atoms with E-state index in [0.29, 0.717) is 5.56 Å². The molecule has 0 aliphatic rings. The molecule has 0 amide bonds. The number of nitrogens with zero attached hydrogens (tertiary/aromatic N) is 1. The first-order chi connectivity index (χ1) is 9.10. The number of nitriles is 1. The molecule has 2 rings (SSSR count). The van der Waals surface area contributed by atoms with Gasteiger partial charge >= 0.3 is 0 Å². The number of hydrogen-bond acceptors (Lipinski definition) is 3. The lowest BCUT2D eigenvalue weighted by Gasteiger charge is -1.98. The average Bonchev–Trinajstić information content (AvgIpc) is 2.81. The highest BCUT2D eigenvalue weighted by atomic mass is 79.9. The lowest BCUT2D eigenvalue weighted by Crippen LogP contribution is -2.01. The molecular formula is C14H7BrFNOS. The Kier molecular flexibility index (Phi) is 4.25. The lowest BCUT2D eigenvalue weighted by molar-refractivity contribution is 0.104. The summed E-state index contributed by atoms with van der Waals surface area (Å²) in [4.78, 5) is 12.9. The molecule has 0 unspecified atom stereocenters. The quantitative estimate of drug-likeness (QED) is 0.472. The van der Waals surface area contributed by atoms with E-state index in [1.807, 2.05) is 17.5 Å². The van der Waals surface area contributed by atoms with Crippen molar-refractivity contribution in [3.8, 4) is 6.07 Å². The third kappa shape index (κ3) is 3.37. The first-order valence-electron chi connectivity index (χ1n) is 5.26. The smallest absolute Gasteiger partial charge is 0.203 e. The zero-order chi connectivity index (χ0) is 13.8. The molecule has 0 atom stereocenters. The van der Waals surface area contributed by atoms with Crippen LogP contribution in [-0.2, 0) is 0 Å². The fourth-order valence-corrected chi connectivity index (χ4v) is 2.83. The molecule has 2 nitrogen and oxygen atoms in total. The van der Waals surface area contributed by atoms with Crippen molar-refractivity contribution in [1.29, 1.82) is 5.26 Å². The van der Waals surface area contributed by atoms with Crippen LogP contribution in [0.5, 0.6) is 0 Å². The minimum Gasteiger partial charge on any atom is -0.288 e. The maximum atomic E-state index is 12.8. The van der Waals surface area contributed by atoms with Crippen molar-refractivity contribution in [3.05, 3.63) is 62.0 Å². The van der Waals surface area contributed by atoms with Crippen molar-refractivity contribution in [1.82, 2.24) is 0 Å². The zero-order valence-electron chi connectivity index (χ0n) is 9.56. The van der Waals surface area contributed by atoms with Crippen LogP contribution >= 0.6 is 27.3 Å². The Balaban J connectivity index is 2.32. The molecule has 94 valence electrons. The molecule has 0 spiro atoms. The number of carbonyl (C=O) groups is 1. The Bertz CT molecular complexity index is 682. The highest BCUT2D eigenvalue weighted by Crippen LogP contribution is 2.23. The van der Waals surface area contributed by atoms with Crippen LogP contribution in [0.1, 0.15) is 15.2 Å². The number of thiophene rings is 1. The van der Waals surface area contributed by atoms with E-state index in [1.165, 1.54) is 41.7 Å². The van der Waals surface area contributed by atoms with Crippen molar-refractivity contribution in [2.24, 2.45) is 0 Å². The summed E-state index contributed by atoms with van der Waals surface area (Å²) in [5.41, 5.74) is 0.325. The molecule has 0 aliphatic carbocycles. The highest BCUT2D eigenvalue weighted by Gasteiger charge is 2.12. The van der Waals surface area contributed by atoms with Gasteiger partial charge in [-0.2, -0.15) is 5.26 Å². The molecule has 0 bridgehead atoms. The van der Waals surface area contributed by atoms with Crippen molar-refractivity contribution in [2.45, 2.75) is 0 Å². The lowest BCUT2D eigenvalue weighted by atomic mass is 10.0. The Hall–Kier alpha value is -1.77. The number of rotatable bonds is 3. The molecule has 0 aliphatic heterocycles. The average molecular weight is 336 g/mol. The van der Waals surface area contributed by atoms with Crippen LogP contribution < -0.4 is 0 Å². The molecule has 1 aromatic carbocycles. The fraction of sp³-hybridized carbons (Fsp3) is 0. The first-order valence-corrected chi connectivity index (χ1v) is 6.93. The second-order valence-electron chi connectivity index (χ2n) is 3.67. The maximum Gasteiger partial charge on any atom is 0.203 e. The molecule has 2 aromatic rings. The van der Waals surface area contributed by atoms with Gasteiger partial charge in [-0.3, -0.25) is 4.79 Å². The van der Waals surface area contributed by atoms with E-state index < -0.39 is 11.6 Å². The number of ketones is 1. The summed E-state index contributed by atoms with van der Waals surface area (Å²) in [5, 5.41) is 10.9. The van der Waals surface area contributed by atoms with Crippen LogP contribution in [0.3, 0.4) is 0 Å². The highest BCUT2D eigenvalue weighted by molar-refractivity contribution is 9.10. The molecule has 0 radical (unpaired) electrons. The fourth-order valence-electron chi connectivity index (χ4n) is 1.45. The van der Waals surface area contributed by atoms with Crippen LogP contribution in [0.15, 0.2) is 45.8 Å². The van der Waals surface area contributed by atoms with E-state index >= 15 is 0 Å². The second kappa shape index (κ2) is 5.91. The largest absolute Gasteiger partial charge is 0.288 e. The van der Waals surface area contributed by atoms with Crippen molar-refractivity contribution < 1.29 is 9.18 Å². The van der Waals surface area contributed by atoms with E-state index in [1.54, 1.807) is 0 Å². The Morgan fingerprint density at radius 2 is 2.05 bits per heavy atom. The second-order valence-corrected chi connectivity index (χ2v) is 5.53. The molecule has 19 heavy (non-hydrogen) atoms. The van der Waals surface area contributed by atoms with Gasteiger partial charge in [-0.05, 0) is 52.3 Å². The van der Waals surface area contributed by atoms with Crippen molar-refractivity contribution in [3.63, 3.8) is 0 Å². The summed E-state index contributed by atoms with van der Waals surface area (Å²) >= 11 is 4.73. The summed E-state index contributed by atoms with van der Waals surface area (Å²) in [6, 6.07) is 8.83. The van der Waals surface area contributed by atoms with Gasteiger partial charge in [-0.15, -0.1) is 11.3 Å². The van der Waals surface area contributed by atoms with E-state index in [0.717, 1.165) is 9.35 Å². The molecule has 0 fully saturated rings. The van der Waals surface area contributed by atoms with Crippen LogP contribution in [-0.4, -0.2) is 5.78 Å². The number of carbonyl (C=O) groups excluding carboxylic acids is 1. The number of hydrogen-bond donors (Lipinski definition) is 0. The van der Waals surface area contributed by atoms with Gasteiger partial charge in [0.2, 0.25) is 5.78 Å². The van der Waals surface area contributed by atoms with Gasteiger partial charge in [-0.1, -0.05) is 0 Å². The van der Waals surface area contributed by atoms with Gasteiger partial charge in [0, 0.05) is 20.3 Å². The summed E-state index contributed by atoms with van der Waals surface area (Å²) < 4.78 is 13.7.